The Hall–Kier alpha value is -0.570. The summed E-state index contributed by atoms with van der Waals surface area (Å²) in [6, 6.07) is 0. The second-order valence-electron chi connectivity index (χ2n) is 1.10. The summed E-state index contributed by atoms with van der Waals surface area (Å²) in [5, 5.41) is 10.3. The highest BCUT2D eigenvalue weighted by Gasteiger charge is 1.92. The third-order valence-corrected chi connectivity index (χ3v) is 0.772. The Morgan fingerprint density at radius 2 is 2.71 bits per heavy atom. The van der Waals surface area contributed by atoms with Crippen LogP contribution in [0.3, 0.4) is 0 Å². The summed E-state index contributed by atoms with van der Waals surface area (Å²) in [5.74, 6) is 0. The minimum atomic E-state index is 0.502. The van der Waals surface area contributed by atoms with Gasteiger partial charge in [0.2, 0.25) is 0 Å². The van der Waals surface area contributed by atoms with Crippen LogP contribution in [-0.2, 0) is 0 Å². The highest BCUT2D eigenvalue weighted by atomic mass is 35.5. The second kappa shape index (κ2) is 1.93. The summed E-state index contributed by atoms with van der Waals surface area (Å²) in [5.41, 5.74) is 0. The van der Waals surface area contributed by atoms with Crippen LogP contribution in [-0.4, -0.2) is 18.1 Å². The Morgan fingerprint density at radius 3 is 3.00 bits per heavy atom. The first-order valence-corrected chi connectivity index (χ1v) is 2.24. The summed E-state index contributed by atoms with van der Waals surface area (Å²) in [6.45, 7) is 0.602. The van der Waals surface area contributed by atoms with E-state index in [-0.39, 0.29) is 0 Å². The van der Waals surface area contributed by atoms with Gasteiger partial charge in [0.15, 0.2) is 0 Å². The zero-order valence-corrected chi connectivity index (χ0v) is 4.31. The molecule has 1 rings (SSSR count). The lowest BCUT2D eigenvalue weighted by Crippen LogP contribution is -2.20. The van der Waals surface area contributed by atoms with E-state index >= 15 is 0 Å². The van der Waals surface area contributed by atoms with Crippen LogP contribution in [0.4, 0.5) is 0 Å². The van der Waals surface area contributed by atoms with E-state index in [0.29, 0.717) is 11.7 Å². The summed E-state index contributed by atoms with van der Waals surface area (Å²) in [6.07, 6.45) is 1.51. The Kier molecular flexibility index (Phi) is 1.26. The minimum Gasteiger partial charge on any atom is -0.368 e. The van der Waals surface area contributed by atoms with Crippen LogP contribution in [0.1, 0.15) is 0 Å². The number of nitrogens with one attached hydrogen (secondary N) is 1. The Morgan fingerprint density at radius 1 is 1.86 bits per heavy atom. The highest BCUT2D eigenvalue weighted by Crippen LogP contribution is 1.86. The predicted octanol–water partition coefficient (Wildman–Crippen LogP) is 0.170. The van der Waals surface area contributed by atoms with Gasteiger partial charge in [-0.25, -0.2) is 0 Å². The molecule has 0 radical (unpaired) electrons. The molecule has 0 saturated carbocycles. The predicted molar refractivity (Wildman–Crippen MR) is 29.8 cm³/mol. The van der Waals surface area contributed by atoms with E-state index < -0.39 is 0 Å². The zero-order valence-electron chi connectivity index (χ0n) is 3.56. The first-order chi connectivity index (χ1) is 3.39. The van der Waals surface area contributed by atoms with Gasteiger partial charge < -0.3 is 5.32 Å². The molecule has 0 unspecified atom stereocenters. The number of rotatable bonds is 0. The molecular weight excluding hydrogens is 114 g/mol. The van der Waals surface area contributed by atoms with Gasteiger partial charge in [-0.3, -0.25) is 0 Å². The summed E-state index contributed by atoms with van der Waals surface area (Å²) in [4.78, 5) is 0. The van der Waals surface area contributed by atoms with Gasteiger partial charge in [-0.15, -0.1) is 10.2 Å². The Bertz CT molecular complexity index is 117. The second-order valence-corrected chi connectivity index (χ2v) is 1.54. The van der Waals surface area contributed by atoms with Crippen LogP contribution >= 0.6 is 11.6 Å². The lowest BCUT2D eigenvalue weighted by Gasteiger charge is -1.98. The van der Waals surface area contributed by atoms with Crippen molar-refractivity contribution < 1.29 is 0 Å². The van der Waals surface area contributed by atoms with Crippen molar-refractivity contribution in [2.45, 2.75) is 0 Å². The van der Waals surface area contributed by atoms with Crippen molar-refractivity contribution in [1.29, 1.82) is 0 Å². The van der Waals surface area contributed by atoms with E-state index in [2.05, 4.69) is 15.5 Å². The van der Waals surface area contributed by atoms with E-state index in [4.69, 9.17) is 11.6 Å². The molecular formula is C3H4ClN3. The molecule has 0 bridgehead atoms. The van der Waals surface area contributed by atoms with Crippen molar-refractivity contribution in [3.05, 3.63) is 0 Å². The van der Waals surface area contributed by atoms with Gasteiger partial charge >= 0.3 is 0 Å². The third kappa shape index (κ3) is 1.16. The van der Waals surface area contributed by atoms with E-state index in [1.54, 1.807) is 0 Å². The molecule has 0 saturated heterocycles. The van der Waals surface area contributed by atoms with Crippen molar-refractivity contribution in [3.63, 3.8) is 0 Å². The van der Waals surface area contributed by atoms with Crippen LogP contribution in [0.25, 0.3) is 0 Å². The van der Waals surface area contributed by atoms with Crippen molar-refractivity contribution in [2.75, 3.05) is 6.54 Å². The van der Waals surface area contributed by atoms with Crippen molar-refractivity contribution in [2.24, 2.45) is 10.2 Å². The van der Waals surface area contributed by atoms with Gasteiger partial charge in [-0.05, 0) is 0 Å². The van der Waals surface area contributed by atoms with Gasteiger partial charge in [-0.1, -0.05) is 11.6 Å². The zero-order chi connectivity index (χ0) is 5.11. The fourth-order valence-electron chi connectivity index (χ4n) is 0.298. The van der Waals surface area contributed by atoms with E-state index in [9.17, 15) is 0 Å². The van der Waals surface area contributed by atoms with Gasteiger partial charge in [0.1, 0.15) is 11.5 Å². The molecule has 0 aliphatic carbocycles. The van der Waals surface area contributed by atoms with Crippen LogP contribution in [0, 0.1) is 0 Å². The molecule has 3 nitrogen and oxygen atoms in total. The number of nitrogens with zero attached hydrogens (tertiary/aromatic N) is 2. The summed E-state index contributed by atoms with van der Waals surface area (Å²) in [7, 11) is 0. The van der Waals surface area contributed by atoms with Gasteiger partial charge in [0.05, 0.1) is 6.54 Å². The van der Waals surface area contributed by atoms with Gasteiger partial charge in [0, 0.05) is 0 Å². The molecule has 1 aliphatic heterocycles. The molecule has 0 atom stereocenters. The Labute approximate surface area is 46.1 Å². The van der Waals surface area contributed by atoms with Crippen molar-refractivity contribution in [1.82, 2.24) is 5.32 Å². The van der Waals surface area contributed by atoms with Crippen LogP contribution in [0.15, 0.2) is 10.2 Å². The maximum atomic E-state index is 5.39. The monoisotopic (exact) mass is 117 g/mol. The molecule has 0 aromatic carbocycles. The lowest BCUT2D eigenvalue weighted by molar-refractivity contribution is 1.04. The molecule has 0 amide bonds. The topological polar surface area (TPSA) is 36.8 Å². The third-order valence-electron chi connectivity index (χ3n) is 0.563. The normalized spacial score (nSPS) is 18.1. The van der Waals surface area contributed by atoms with E-state index in [1.807, 2.05) is 0 Å². The van der Waals surface area contributed by atoms with Crippen molar-refractivity contribution in [3.8, 4) is 0 Å². The summed E-state index contributed by atoms with van der Waals surface area (Å²) >= 11 is 5.39. The first kappa shape index (κ1) is 4.59. The van der Waals surface area contributed by atoms with Crippen LogP contribution < -0.4 is 5.32 Å². The highest BCUT2D eigenvalue weighted by molar-refractivity contribution is 6.66. The molecule has 7 heavy (non-hydrogen) atoms. The molecule has 1 heterocycles. The minimum absolute atomic E-state index is 0.502. The van der Waals surface area contributed by atoms with Crippen LogP contribution in [0.2, 0.25) is 0 Å². The fourth-order valence-corrected chi connectivity index (χ4v) is 0.418. The van der Waals surface area contributed by atoms with Crippen LogP contribution in [0.5, 0.6) is 0 Å². The van der Waals surface area contributed by atoms with Gasteiger partial charge in [-0.2, -0.15) is 0 Å². The largest absolute Gasteiger partial charge is 0.368 e. The quantitative estimate of drug-likeness (QED) is 0.483. The molecule has 1 aliphatic rings. The number of halogens is 1. The van der Waals surface area contributed by atoms with Crippen molar-refractivity contribution >= 4 is 23.1 Å². The SMILES string of the molecule is ClC1=NN=CNC1. The molecule has 1 N–H and O–H groups in total. The number of hydrogen-bond donors (Lipinski definition) is 1. The fraction of sp³-hybridized carbons (Fsp3) is 0.333. The average molecular weight is 118 g/mol. The average Bonchev–Trinajstić information content (AvgIpc) is 1.69. The van der Waals surface area contributed by atoms with E-state index in [1.165, 1.54) is 6.34 Å². The molecule has 0 aromatic heterocycles. The molecule has 0 spiro atoms. The molecule has 38 valence electrons. The van der Waals surface area contributed by atoms with Gasteiger partial charge in [0.25, 0.3) is 0 Å². The smallest absolute Gasteiger partial charge is 0.147 e. The Balaban J connectivity index is 2.57. The summed E-state index contributed by atoms with van der Waals surface area (Å²) < 4.78 is 0. The van der Waals surface area contributed by atoms with E-state index in [0.717, 1.165) is 0 Å². The standard InChI is InChI=1S/C3H4ClN3/c4-3-1-5-2-6-7-3/h2H,1H2,(H,5,6). The molecule has 4 heteroatoms. The maximum absolute atomic E-state index is 5.39. The maximum Gasteiger partial charge on any atom is 0.147 e. The lowest BCUT2D eigenvalue weighted by atomic mass is 10.7. The number of hydrogen-bond acceptors (Lipinski definition) is 3. The molecule has 0 aromatic rings. The molecule has 0 fully saturated rings. The first-order valence-electron chi connectivity index (χ1n) is 1.87.